The Bertz CT molecular complexity index is 371. The summed E-state index contributed by atoms with van der Waals surface area (Å²) in [6, 6.07) is 1.93. The summed E-state index contributed by atoms with van der Waals surface area (Å²) in [4.78, 5) is 26.2. The van der Waals surface area contributed by atoms with Crippen LogP contribution in [0.4, 0.5) is 0 Å². The fraction of sp³-hybridized carbons (Fsp3) is 0.583. The number of hydrogen-bond acceptors (Lipinski definition) is 5. The van der Waals surface area contributed by atoms with Crippen LogP contribution in [-0.2, 0) is 9.63 Å². The third-order valence-electron chi connectivity index (χ3n) is 3.40. The Morgan fingerprint density at radius 3 is 2.76 bits per heavy atom. The van der Waals surface area contributed by atoms with Crippen molar-refractivity contribution >= 4 is 17.3 Å². The Hall–Kier alpha value is -1.23. The van der Waals surface area contributed by atoms with E-state index >= 15 is 0 Å². The molecule has 2 rings (SSSR count). The minimum Gasteiger partial charge on any atom is -0.284 e. The van der Waals surface area contributed by atoms with Gasteiger partial charge in [0.15, 0.2) is 5.34 Å². The first kappa shape index (κ1) is 12.2. The van der Waals surface area contributed by atoms with Gasteiger partial charge in [-0.15, -0.1) is 4.91 Å². The maximum atomic E-state index is 11.8. The number of thiophene rings is 1. The molecule has 1 aromatic heterocycles. The average molecular weight is 253 g/mol. The normalized spacial score (nSPS) is 18.6. The third-order valence-corrected chi connectivity index (χ3v) is 4.11. The van der Waals surface area contributed by atoms with Crippen molar-refractivity contribution in [1.82, 2.24) is 0 Å². The summed E-state index contributed by atoms with van der Waals surface area (Å²) in [6.45, 7) is 0. The minimum absolute atomic E-state index is 0.285. The molecular formula is C12H15NO3S. The molecular weight excluding hydrogens is 238 g/mol. The van der Waals surface area contributed by atoms with Crippen LogP contribution >= 0.6 is 11.3 Å². The van der Waals surface area contributed by atoms with Crippen LogP contribution in [0.3, 0.4) is 0 Å². The van der Waals surface area contributed by atoms with Gasteiger partial charge in [-0.25, -0.2) is 4.79 Å². The maximum absolute atomic E-state index is 11.8. The molecule has 0 bridgehead atoms. The van der Waals surface area contributed by atoms with E-state index in [4.69, 9.17) is 0 Å². The number of carbonyl (C=O) groups excluding carboxylic acids is 1. The van der Waals surface area contributed by atoms with Crippen LogP contribution in [0.1, 0.15) is 43.6 Å². The molecule has 1 aliphatic rings. The Labute approximate surface area is 104 Å². The first-order valence-corrected chi connectivity index (χ1v) is 6.83. The third kappa shape index (κ3) is 2.91. The lowest BCUT2D eigenvalue weighted by Gasteiger charge is -2.27. The largest absolute Gasteiger partial charge is 0.346 e. The van der Waals surface area contributed by atoms with Crippen LogP contribution in [-0.4, -0.2) is 5.97 Å². The first-order chi connectivity index (χ1) is 8.33. The van der Waals surface area contributed by atoms with Gasteiger partial charge in [-0.2, -0.15) is 11.3 Å². The summed E-state index contributed by atoms with van der Waals surface area (Å²) in [5.41, 5.74) is 0.954. The molecule has 0 aliphatic heterocycles. The SMILES string of the molecule is O=NOC(=O)C(c1ccsc1)C1CCCCC1. The van der Waals surface area contributed by atoms with Crippen LogP contribution < -0.4 is 0 Å². The molecule has 1 aromatic rings. The summed E-state index contributed by atoms with van der Waals surface area (Å²) in [5.74, 6) is -0.544. The quantitative estimate of drug-likeness (QED) is 0.608. The second-order valence-corrected chi connectivity index (χ2v) is 5.20. The Morgan fingerprint density at radius 2 is 2.18 bits per heavy atom. The highest BCUT2D eigenvalue weighted by atomic mass is 32.1. The Morgan fingerprint density at radius 1 is 1.41 bits per heavy atom. The van der Waals surface area contributed by atoms with Gasteiger partial charge in [-0.05, 0) is 41.1 Å². The number of carbonyl (C=O) groups is 1. The zero-order valence-electron chi connectivity index (χ0n) is 9.50. The Kier molecular flexibility index (Phi) is 4.25. The molecule has 0 spiro atoms. The predicted molar refractivity (Wildman–Crippen MR) is 65.5 cm³/mol. The topological polar surface area (TPSA) is 55.7 Å². The highest BCUT2D eigenvalue weighted by Gasteiger charge is 2.33. The van der Waals surface area contributed by atoms with Crippen molar-refractivity contribution in [2.75, 3.05) is 0 Å². The van der Waals surface area contributed by atoms with Crippen molar-refractivity contribution in [3.05, 3.63) is 27.3 Å². The molecule has 0 N–H and O–H groups in total. The molecule has 0 radical (unpaired) electrons. The molecule has 1 unspecified atom stereocenters. The zero-order chi connectivity index (χ0) is 12.1. The molecule has 5 heteroatoms. The van der Waals surface area contributed by atoms with E-state index in [1.165, 1.54) is 6.42 Å². The van der Waals surface area contributed by atoms with Crippen molar-refractivity contribution in [2.24, 2.45) is 11.3 Å². The van der Waals surface area contributed by atoms with E-state index in [0.717, 1.165) is 31.2 Å². The molecule has 0 amide bonds. The molecule has 0 saturated heterocycles. The lowest BCUT2D eigenvalue weighted by atomic mass is 9.77. The van der Waals surface area contributed by atoms with E-state index in [0.29, 0.717) is 0 Å². The maximum Gasteiger partial charge on any atom is 0.346 e. The van der Waals surface area contributed by atoms with Crippen LogP contribution in [0.5, 0.6) is 0 Å². The van der Waals surface area contributed by atoms with Crippen LogP contribution in [0.2, 0.25) is 0 Å². The van der Waals surface area contributed by atoms with Gasteiger partial charge < -0.3 is 0 Å². The molecule has 1 fully saturated rings. The molecule has 17 heavy (non-hydrogen) atoms. The van der Waals surface area contributed by atoms with Crippen LogP contribution in [0.15, 0.2) is 22.2 Å². The molecule has 1 saturated carbocycles. The first-order valence-electron chi connectivity index (χ1n) is 5.88. The Balaban J connectivity index is 2.17. The molecule has 92 valence electrons. The lowest BCUT2D eigenvalue weighted by molar-refractivity contribution is -0.147. The van der Waals surface area contributed by atoms with Gasteiger partial charge in [0, 0.05) is 0 Å². The summed E-state index contributed by atoms with van der Waals surface area (Å²) in [5, 5.41) is 6.15. The van der Waals surface area contributed by atoms with Crippen molar-refractivity contribution in [1.29, 1.82) is 0 Å². The fourth-order valence-corrected chi connectivity index (χ4v) is 3.31. The van der Waals surface area contributed by atoms with Gasteiger partial charge in [0.05, 0.1) is 5.92 Å². The lowest BCUT2D eigenvalue weighted by Crippen LogP contribution is -2.24. The second-order valence-electron chi connectivity index (χ2n) is 4.42. The number of hydrogen-bond donors (Lipinski definition) is 0. The highest BCUT2D eigenvalue weighted by Crippen LogP contribution is 2.37. The summed E-state index contributed by atoms with van der Waals surface area (Å²) < 4.78 is 0. The highest BCUT2D eigenvalue weighted by molar-refractivity contribution is 7.08. The van der Waals surface area contributed by atoms with Crippen LogP contribution in [0, 0.1) is 10.8 Å². The van der Waals surface area contributed by atoms with E-state index in [1.54, 1.807) is 11.3 Å². The standard InChI is InChI=1S/C12H15NO3S/c14-12(16-13-15)11(10-6-7-17-8-10)9-4-2-1-3-5-9/h6-9,11H,1-5H2. The molecule has 1 atom stereocenters. The monoisotopic (exact) mass is 253 g/mol. The summed E-state index contributed by atoms with van der Waals surface area (Å²) in [7, 11) is 0. The average Bonchev–Trinajstić information content (AvgIpc) is 2.85. The van der Waals surface area contributed by atoms with Gasteiger partial charge in [0.2, 0.25) is 0 Å². The molecule has 4 nitrogen and oxygen atoms in total. The smallest absolute Gasteiger partial charge is 0.284 e. The van der Waals surface area contributed by atoms with Crippen molar-refractivity contribution in [3.8, 4) is 0 Å². The van der Waals surface area contributed by atoms with Crippen molar-refractivity contribution in [3.63, 3.8) is 0 Å². The summed E-state index contributed by atoms with van der Waals surface area (Å²) >= 11 is 1.55. The van der Waals surface area contributed by atoms with E-state index in [1.807, 2.05) is 16.8 Å². The van der Waals surface area contributed by atoms with E-state index < -0.39 is 5.97 Å². The number of nitrogens with zero attached hydrogens (tertiary/aromatic N) is 1. The summed E-state index contributed by atoms with van der Waals surface area (Å²) in [6.07, 6.45) is 5.57. The van der Waals surface area contributed by atoms with E-state index in [9.17, 15) is 9.70 Å². The predicted octanol–water partition coefficient (Wildman–Crippen LogP) is 3.64. The van der Waals surface area contributed by atoms with Gasteiger partial charge in [-0.1, -0.05) is 19.3 Å². The van der Waals surface area contributed by atoms with Gasteiger partial charge >= 0.3 is 5.97 Å². The van der Waals surface area contributed by atoms with Gasteiger partial charge in [-0.3, -0.25) is 4.84 Å². The fourth-order valence-electron chi connectivity index (χ4n) is 2.61. The molecule has 0 aromatic carbocycles. The van der Waals surface area contributed by atoms with E-state index in [2.05, 4.69) is 10.2 Å². The minimum atomic E-state index is -0.509. The van der Waals surface area contributed by atoms with Crippen molar-refractivity contribution in [2.45, 2.75) is 38.0 Å². The molecule has 1 heterocycles. The zero-order valence-corrected chi connectivity index (χ0v) is 10.3. The van der Waals surface area contributed by atoms with E-state index in [-0.39, 0.29) is 11.8 Å². The number of rotatable bonds is 4. The van der Waals surface area contributed by atoms with Crippen LogP contribution in [0.25, 0.3) is 0 Å². The molecule has 1 aliphatic carbocycles. The van der Waals surface area contributed by atoms with Gasteiger partial charge in [0.25, 0.3) is 0 Å². The van der Waals surface area contributed by atoms with Gasteiger partial charge in [0.1, 0.15) is 0 Å². The second kappa shape index (κ2) is 5.91. The van der Waals surface area contributed by atoms with Crippen molar-refractivity contribution < 1.29 is 9.63 Å².